The van der Waals surface area contributed by atoms with Gasteiger partial charge in [-0.25, -0.2) is 4.39 Å². The van der Waals surface area contributed by atoms with Crippen molar-refractivity contribution in [1.29, 1.82) is 0 Å². The van der Waals surface area contributed by atoms with Crippen LogP contribution in [0.15, 0.2) is 53.7 Å². The van der Waals surface area contributed by atoms with Gasteiger partial charge in [0.15, 0.2) is 0 Å². The molecule has 2 aromatic rings. The highest BCUT2D eigenvalue weighted by Gasteiger charge is 2.01. The van der Waals surface area contributed by atoms with Crippen molar-refractivity contribution in [3.8, 4) is 5.75 Å². The van der Waals surface area contributed by atoms with E-state index in [1.54, 1.807) is 25.3 Å². The van der Waals surface area contributed by atoms with E-state index >= 15 is 0 Å². The zero-order chi connectivity index (χ0) is 13.5. The average molecular weight is 258 g/mol. The van der Waals surface area contributed by atoms with Crippen molar-refractivity contribution in [3.63, 3.8) is 0 Å². The Morgan fingerprint density at radius 1 is 1.11 bits per heavy atom. The van der Waals surface area contributed by atoms with E-state index in [4.69, 9.17) is 9.57 Å². The molecule has 0 atom stereocenters. The van der Waals surface area contributed by atoms with E-state index < -0.39 is 0 Å². The lowest BCUT2D eigenvalue weighted by atomic mass is 10.2. The van der Waals surface area contributed by atoms with Crippen LogP contribution in [0.1, 0.15) is 11.1 Å². The number of rotatable bonds is 5. The Bertz CT molecular complexity index is 570. The lowest BCUT2D eigenvalue weighted by Crippen LogP contribution is -1.94. The number of halogens is 1. The highest BCUT2D eigenvalue weighted by atomic mass is 19.1. The maximum Gasteiger partial charge on any atom is 0.145 e. The summed E-state index contributed by atoms with van der Waals surface area (Å²) >= 11 is 0. The smallest absolute Gasteiger partial charge is 0.145 e. The van der Waals surface area contributed by atoms with Crippen LogP contribution in [0.3, 0.4) is 0 Å². The molecular formula is C15H13FNO2. The molecule has 0 aliphatic carbocycles. The summed E-state index contributed by atoms with van der Waals surface area (Å²) in [5, 5.41) is 3.63. The van der Waals surface area contributed by atoms with E-state index in [2.05, 4.69) is 11.4 Å². The van der Waals surface area contributed by atoms with Gasteiger partial charge >= 0.3 is 0 Å². The van der Waals surface area contributed by atoms with Crippen molar-refractivity contribution in [2.75, 3.05) is 7.11 Å². The summed E-state index contributed by atoms with van der Waals surface area (Å²) in [7, 11) is 1.59. The molecule has 0 spiro atoms. The molecule has 19 heavy (non-hydrogen) atoms. The quantitative estimate of drug-likeness (QED) is 0.608. The first-order chi connectivity index (χ1) is 9.31. The maximum absolute atomic E-state index is 13.3. The summed E-state index contributed by atoms with van der Waals surface area (Å²) in [6.07, 6.45) is 2.51. The molecule has 0 amide bonds. The van der Waals surface area contributed by atoms with Crippen LogP contribution in [-0.4, -0.2) is 13.3 Å². The van der Waals surface area contributed by atoms with Crippen LogP contribution in [0.25, 0.3) is 0 Å². The minimum absolute atomic E-state index is 0.242. The largest absolute Gasteiger partial charge is 0.496 e. The molecular weight excluding hydrogens is 245 g/mol. The third kappa shape index (κ3) is 3.55. The zero-order valence-corrected chi connectivity index (χ0v) is 10.5. The van der Waals surface area contributed by atoms with Crippen LogP contribution >= 0.6 is 0 Å². The van der Waals surface area contributed by atoms with Gasteiger partial charge in [0.1, 0.15) is 24.4 Å². The molecule has 97 valence electrons. The van der Waals surface area contributed by atoms with Crippen molar-refractivity contribution in [1.82, 2.24) is 0 Å². The molecule has 0 aromatic heterocycles. The molecule has 0 aliphatic rings. The molecule has 0 saturated carbocycles. The predicted molar refractivity (Wildman–Crippen MR) is 70.7 cm³/mol. The average Bonchev–Trinajstić information content (AvgIpc) is 2.45. The fourth-order valence-electron chi connectivity index (χ4n) is 1.56. The second-order valence-electron chi connectivity index (χ2n) is 3.77. The number of nitrogens with zero attached hydrogens (tertiary/aromatic N) is 1. The fourth-order valence-corrected chi connectivity index (χ4v) is 1.56. The Morgan fingerprint density at radius 2 is 1.84 bits per heavy atom. The molecule has 2 aromatic carbocycles. The molecule has 4 heteroatoms. The Morgan fingerprint density at radius 3 is 2.63 bits per heavy atom. The minimum Gasteiger partial charge on any atom is -0.496 e. The van der Waals surface area contributed by atoms with Crippen molar-refractivity contribution in [2.24, 2.45) is 5.16 Å². The van der Waals surface area contributed by atoms with E-state index in [1.807, 2.05) is 24.3 Å². The monoisotopic (exact) mass is 258 g/mol. The highest BCUT2D eigenvalue weighted by Crippen LogP contribution is 2.18. The zero-order valence-electron chi connectivity index (χ0n) is 10.5. The highest BCUT2D eigenvalue weighted by molar-refractivity contribution is 5.79. The van der Waals surface area contributed by atoms with Gasteiger partial charge < -0.3 is 9.57 Å². The van der Waals surface area contributed by atoms with E-state index in [0.29, 0.717) is 0 Å². The van der Waals surface area contributed by atoms with Crippen LogP contribution in [0.5, 0.6) is 5.75 Å². The van der Waals surface area contributed by atoms with Gasteiger partial charge in [-0.3, -0.25) is 0 Å². The number of hydrogen-bond acceptors (Lipinski definition) is 3. The third-order valence-corrected chi connectivity index (χ3v) is 2.52. The second kappa shape index (κ2) is 6.54. The van der Waals surface area contributed by atoms with Crippen LogP contribution in [0.4, 0.5) is 4.39 Å². The maximum atomic E-state index is 13.3. The molecule has 0 saturated heterocycles. The van der Waals surface area contributed by atoms with Crippen molar-refractivity contribution in [2.45, 2.75) is 6.61 Å². The summed E-state index contributed by atoms with van der Waals surface area (Å²) in [4.78, 5) is 5.09. The van der Waals surface area contributed by atoms with Gasteiger partial charge in [-0.1, -0.05) is 35.5 Å². The SMILES string of the molecule is COc1ccccc1CO/N=[C]\c1ccccc1F. The van der Waals surface area contributed by atoms with Crippen molar-refractivity contribution in [3.05, 3.63) is 65.5 Å². The standard InChI is InChI=1S/C15H13FNO2/c1-18-15-9-5-3-7-13(15)11-19-17-10-12-6-2-4-8-14(12)16/h2-9H,11H2,1H3. The summed E-state index contributed by atoms with van der Waals surface area (Å²) in [6.45, 7) is 0.242. The number of benzene rings is 2. The minimum atomic E-state index is -0.382. The van der Waals surface area contributed by atoms with Crippen LogP contribution in [0, 0.1) is 5.82 Å². The summed E-state index contributed by atoms with van der Waals surface area (Å²) in [5.74, 6) is 0.343. The number of hydrogen-bond donors (Lipinski definition) is 0. The van der Waals surface area contributed by atoms with Gasteiger partial charge in [0, 0.05) is 11.1 Å². The van der Waals surface area contributed by atoms with E-state index in [0.717, 1.165) is 11.3 Å². The van der Waals surface area contributed by atoms with Crippen LogP contribution in [-0.2, 0) is 11.4 Å². The Balaban J connectivity index is 1.95. The second-order valence-corrected chi connectivity index (χ2v) is 3.77. The number of ether oxygens (including phenoxy) is 1. The fraction of sp³-hybridized carbons (Fsp3) is 0.133. The van der Waals surface area contributed by atoms with E-state index in [9.17, 15) is 4.39 Å². The first-order valence-electron chi connectivity index (χ1n) is 5.75. The Hall–Kier alpha value is -2.36. The topological polar surface area (TPSA) is 30.8 Å². The normalized spacial score (nSPS) is 10.6. The molecule has 0 bridgehead atoms. The summed E-state index contributed by atoms with van der Waals surface area (Å²) in [6, 6.07) is 13.7. The van der Waals surface area contributed by atoms with Crippen LogP contribution in [0.2, 0.25) is 0 Å². The summed E-state index contributed by atoms with van der Waals surface area (Å²) < 4.78 is 18.4. The molecule has 3 nitrogen and oxygen atoms in total. The number of methoxy groups -OCH3 is 1. The molecule has 0 unspecified atom stereocenters. The number of para-hydroxylation sites is 1. The van der Waals surface area contributed by atoms with Gasteiger partial charge in [0.2, 0.25) is 0 Å². The third-order valence-electron chi connectivity index (χ3n) is 2.52. The van der Waals surface area contributed by atoms with Gasteiger partial charge in [0.25, 0.3) is 0 Å². The molecule has 2 rings (SSSR count). The predicted octanol–water partition coefficient (Wildman–Crippen LogP) is 3.26. The van der Waals surface area contributed by atoms with Gasteiger partial charge in [-0.05, 0) is 18.2 Å². The molecule has 0 heterocycles. The van der Waals surface area contributed by atoms with Gasteiger partial charge in [-0.2, -0.15) is 0 Å². The molecule has 1 radical (unpaired) electrons. The molecule has 0 N–H and O–H groups in total. The van der Waals surface area contributed by atoms with Crippen molar-refractivity contribution >= 4 is 6.21 Å². The van der Waals surface area contributed by atoms with Crippen LogP contribution < -0.4 is 4.74 Å². The Kier molecular flexibility index (Phi) is 4.50. The first-order valence-corrected chi connectivity index (χ1v) is 5.75. The van der Waals surface area contributed by atoms with Gasteiger partial charge in [0.05, 0.1) is 7.11 Å². The summed E-state index contributed by atoms with van der Waals surface area (Å²) in [5.41, 5.74) is 1.13. The van der Waals surface area contributed by atoms with E-state index in [1.165, 1.54) is 6.07 Å². The van der Waals surface area contributed by atoms with E-state index in [-0.39, 0.29) is 18.0 Å². The first kappa shape index (κ1) is 13.1. The van der Waals surface area contributed by atoms with Crippen molar-refractivity contribution < 1.29 is 14.0 Å². The lowest BCUT2D eigenvalue weighted by Gasteiger charge is -2.06. The molecule has 0 fully saturated rings. The Labute approximate surface area is 111 Å². The lowest BCUT2D eigenvalue weighted by molar-refractivity contribution is 0.130. The van der Waals surface area contributed by atoms with Gasteiger partial charge in [-0.15, -0.1) is 0 Å². The molecule has 0 aliphatic heterocycles.